The lowest BCUT2D eigenvalue weighted by atomic mass is 10.1. The van der Waals surface area contributed by atoms with Gasteiger partial charge in [-0.3, -0.25) is 9.59 Å². The maximum Gasteiger partial charge on any atom is 0.306 e. The lowest BCUT2D eigenvalue weighted by Crippen LogP contribution is -2.15. The molecule has 0 saturated carbocycles. The maximum absolute atomic E-state index is 11.8. The Bertz CT molecular complexity index is 809. The van der Waals surface area contributed by atoms with Gasteiger partial charge in [0.2, 0.25) is 0 Å². The van der Waals surface area contributed by atoms with Crippen LogP contribution in [0, 0.1) is 13.8 Å². The van der Waals surface area contributed by atoms with E-state index in [-0.39, 0.29) is 62.7 Å². The number of benzene rings is 2. The summed E-state index contributed by atoms with van der Waals surface area (Å²) < 4.78 is 20.9. The second-order valence-corrected chi connectivity index (χ2v) is 8.02. The van der Waals surface area contributed by atoms with E-state index >= 15 is 0 Å². The van der Waals surface area contributed by atoms with Gasteiger partial charge in [-0.1, -0.05) is 12.1 Å². The number of esters is 2. The van der Waals surface area contributed by atoms with E-state index in [0.717, 1.165) is 22.3 Å². The summed E-state index contributed by atoms with van der Waals surface area (Å²) in [7, 11) is 0. The van der Waals surface area contributed by atoms with Gasteiger partial charge in [-0.15, -0.1) is 0 Å². The summed E-state index contributed by atoms with van der Waals surface area (Å²) in [5.74, 6) is -0.252. The van der Waals surface area contributed by atoms with Gasteiger partial charge in [0.1, 0.15) is 24.7 Å². The van der Waals surface area contributed by atoms with Crippen LogP contribution in [0.15, 0.2) is 36.4 Å². The molecule has 0 aliphatic heterocycles. The number of hydrogen-bond acceptors (Lipinski definition) is 8. The third-order valence-electron chi connectivity index (χ3n) is 4.83. The van der Waals surface area contributed by atoms with Crippen molar-refractivity contribution in [2.45, 2.75) is 39.5 Å². The summed E-state index contributed by atoms with van der Waals surface area (Å²) >= 11 is 0. The van der Waals surface area contributed by atoms with Crippen LogP contribution in [0.4, 0.5) is 0 Å². The Hall–Kier alpha value is -3.10. The summed E-state index contributed by atoms with van der Waals surface area (Å²) in [6, 6.07) is 10.5. The largest absolute Gasteiger partial charge is 0.508 e. The van der Waals surface area contributed by atoms with Gasteiger partial charge in [-0.05, 0) is 73.2 Å². The number of aryl methyl sites for hydroxylation is 4. The molecule has 0 saturated heterocycles. The molecule has 2 rings (SSSR count). The summed E-state index contributed by atoms with van der Waals surface area (Å²) in [5, 5.41) is 19.2. The van der Waals surface area contributed by atoms with Gasteiger partial charge < -0.3 is 29.2 Å². The van der Waals surface area contributed by atoms with E-state index in [0.29, 0.717) is 26.1 Å². The molecular formula is C26H34O8. The fourth-order valence-corrected chi connectivity index (χ4v) is 3.36. The highest BCUT2D eigenvalue weighted by atomic mass is 16.6. The molecular weight excluding hydrogens is 440 g/mol. The van der Waals surface area contributed by atoms with Crippen molar-refractivity contribution >= 4 is 11.9 Å². The zero-order valence-corrected chi connectivity index (χ0v) is 19.9. The molecule has 0 radical (unpaired) electrons. The van der Waals surface area contributed by atoms with Crippen molar-refractivity contribution in [3.05, 3.63) is 58.7 Å². The van der Waals surface area contributed by atoms with Crippen LogP contribution < -0.4 is 0 Å². The monoisotopic (exact) mass is 474 g/mol. The Morgan fingerprint density at radius 1 is 0.618 bits per heavy atom. The number of aromatic hydroxyl groups is 2. The first-order valence-corrected chi connectivity index (χ1v) is 11.4. The zero-order valence-electron chi connectivity index (χ0n) is 19.9. The highest BCUT2D eigenvalue weighted by Gasteiger charge is 2.06. The van der Waals surface area contributed by atoms with E-state index in [1.54, 1.807) is 24.3 Å². The van der Waals surface area contributed by atoms with Gasteiger partial charge in [0.25, 0.3) is 0 Å². The van der Waals surface area contributed by atoms with E-state index in [1.807, 2.05) is 26.0 Å². The highest BCUT2D eigenvalue weighted by molar-refractivity contribution is 5.70. The standard InChI is InChI=1S/C26H34O8/c1-19-13-21(17-23(27)15-19)3-5-25(29)33-11-9-31-7-8-32-10-12-34-26(30)6-4-22-14-20(2)16-24(28)18-22/h13-18,27-28H,3-12H2,1-2H3. The fraction of sp³-hybridized carbons (Fsp3) is 0.462. The van der Waals surface area contributed by atoms with Crippen molar-refractivity contribution < 1.29 is 38.7 Å². The van der Waals surface area contributed by atoms with Gasteiger partial charge in [-0.25, -0.2) is 0 Å². The topological polar surface area (TPSA) is 112 Å². The summed E-state index contributed by atoms with van der Waals surface area (Å²) in [6.07, 6.45) is 1.47. The smallest absolute Gasteiger partial charge is 0.306 e. The first-order chi connectivity index (χ1) is 16.3. The van der Waals surface area contributed by atoms with E-state index in [9.17, 15) is 19.8 Å². The van der Waals surface area contributed by atoms with Gasteiger partial charge in [0.05, 0.1) is 26.4 Å². The van der Waals surface area contributed by atoms with E-state index < -0.39 is 0 Å². The molecule has 2 aromatic rings. The van der Waals surface area contributed by atoms with Crippen LogP contribution in [0.1, 0.15) is 35.1 Å². The minimum Gasteiger partial charge on any atom is -0.508 e. The van der Waals surface area contributed by atoms with Crippen LogP contribution in [-0.2, 0) is 41.4 Å². The van der Waals surface area contributed by atoms with Gasteiger partial charge in [0, 0.05) is 12.8 Å². The second kappa shape index (κ2) is 14.9. The molecule has 2 N–H and O–H groups in total. The lowest BCUT2D eigenvalue weighted by molar-refractivity contribution is -0.146. The minimum absolute atomic E-state index is 0.161. The zero-order chi connectivity index (χ0) is 24.8. The predicted molar refractivity (Wildman–Crippen MR) is 126 cm³/mol. The summed E-state index contributed by atoms with van der Waals surface area (Å²) in [6.45, 7) is 5.30. The molecule has 0 heterocycles. The Balaban J connectivity index is 1.41. The number of carbonyl (C=O) groups is 2. The second-order valence-electron chi connectivity index (χ2n) is 8.02. The van der Waals surface area contributed by atoms with Crippen molar-refractivity contribution in [3.63, 3.8) is 0 Å². The Labute approximate surface area is 200 Å². The molecule has 34 heavy (non-hydrogen) atoms. The highest BCUT2D eigenvalue weighted by Crippen LogP contribution is 2.17. The van der Waals surface area contributed by atoms with E-state index in [1.165, 1.54) is 0 Å². The molecule has 0 aliphatic carbocycles. The Kier molecular flexibility index (Phi) is 11.9. The van der Waals surface area contributed by atoms with Crippen LogP contribution in [0.25, 0.3) is 0 Å². The van der Waals surface area contributed by atoms with Crippen LogP contribution in [0.5, 0.6) is 11.5 Å². The number of phenolic OH excluding ortho intramolecular Hbond substituents is 2. The van der Waals surface area contributed by atoms with E-state index in [4.69, 9.17) is 18.9 Å². The van der Waals surface area contributed by atoms with Gasteiger partial charge >= 0.3 is 11.9 Å². The first kappa shape index (κ1) is 27.1. The molecule has 8 nitrogen and oxygen atoms in total. The Morgan fingerprint density at radius 3 is 1.38 bits per heavy atom. The molecule has 8 heteroatoms. The quantitative estimate of drug-likeness (QED) is 0.298. The number of ether oxygens (including phenoxy) is 4. The van der Waals surface area contributed by atoms with Crippen LogP contribution in [0.2, 0.25) is 0 Å². The van der Waals surface area contributed by atoms with Gasteiger partial charge in [0.15, 0.2) is 0 Å². The van der Waals surface area contributed by atoms with E-state index in [2.05, 4.69) is 0 Å². The molecule has 0 unspecified atom stereocenters. The number of rotatable bonds is 15. The first-order valence-electron chi connectivity index (χ1n) is 11.4. The van der Waals surface area contributed by atoms with Crippen molar-refractivity contribution in [2.75, 3.05) is 39.6 Å². The molecule has 0 fully saturated rings. The molecule has 0 aromatic heterocycles. The maximum atomic E-state index is 11.8. The average molecular weight is 475 g/mol. The number of hydrogen-bond donors (Lipinski definition) is 2. The predicted octanol–water partition coefficient (Wildman–Crippen LogP) is 3.40. The van der Waals surface area contributed by atoms with Crippen molar-refractivity contribution in [1.82, 2.24) is 0 Å². The third-order valence-corrected chi connectivity index (χ3v) is 4.83. The lowest BCUT2D eigenvalue weighted by Gasteiger charge is -2.08. The van der Waals surface area contributed by atoms with Gasteiger partial charge in [-0.2, -0.15) is 0 Å². The molecule has 186 valence electrons. The normalized spacial score (nSPS) is 10.8. The Morgan fingerprint density at radius 2 is 1.00 bits per heavy atom. The average Bonchev–Trinajstić information content (AvgIpc) is 2.76. The van der Waals surface area contributed by atoms with Crippen LogP contribution in [-0.4, -0.2) is 61.8 Å². The molecule has 0 aliphatic rings. The SMILES string of the molecule is Cc1cc(O)cc(CCC(=O)OCCOCCOCCOC(=O)CCc2cc(C)cc(O)c2)c1. The van der Waals surface area contributed by atoms with Crippen LogP contribution in [0.3, 0.4) is 0 Å². The number of phenols is 2. The summed E-state index contributed by atoms with van der Waals surface area (Å²) in [5.41, 5.74) is 3.66. The fourth-order valence-electron chi connectivity index (χ4n) is 3.36. The van der Waals surface area contributed by atoms with Crippen molar-refractivity contribution in [2.24, 2.45) is 0 Å². The van der Waals surface area contributed by atoms with Crippen LogP contribution >= 0.6 is 0 Å². The number of carbonyl (C=O) groups excluding carboxylic acids is 2. The van der Waals surface area contributed by atoms with Crippen molar-refractivity contribution in [1.29, 1.82) is 0 Å². The molecule has 0 spiro atoms. The minimum atomic E-state index is -0.318. The van der Waals surface area contributed by atoms with Crippen molar-refractivity contribution in [3.8, 4) is 11.5 Å². The molecule has 2 aromatic carbocycles. The molecule has 0 amide bonds. The third kappa shape index (κ3) is 11.7. The molecule has 0 bridgehead atoms. The summed E-state index contributed by atoms with van der Waals surface area (Å²) in [4.78, 5) is 23.6. The molecule has 0 atom stereocenters.